The fourth-order valence-electron chi connectivity index (χ4n) is 2.81. The average molecular weight is 236 g/mol. The normalized spacial score (nSPS) is 11.2. The van der Waals surface area contributed by atoms with Gasteiger partial charge >= 0.3 is 0 Å². The molecule has 2 aromatic heterocycles. The Kier molecular flexibility index (Phi) is 2.71. The number of fused-ring (bicyclic) bond motifs is 3. The number of nitrogens with zero attached hydrogens (tertiary/aromatic N) is 2. The zero-order valence-electron chi connectivity index (χ0n) is 10.8. The van der Waals surface area contributed by atoms with Crippen LogP contribution in [0.2, 0.25) is 0 Å². The predicted octanol–water partition coefficient (Wildman–Crippen LogP) is 3.91. The first-order chi connectivity index (χ1) is 8.86. The summed E-state index contributed by atoms with van der Waals surface area (Å²) in [6.07, 6.45) is 5.77. The van der Waals surface area contributed by atoms with Gasteiger partial charge in [-0.2, -0.15) is 0 Å². The molecule has 0 aliphatic carbocycles. The highest BCUT2D eigenvalue weighted by Gasteiger charge is 2.12. The van der Waals surface area contributed by atoms with Crippen LogP contribution < -0.4 is 0 Å². The second-order valence-corrected chi connectivity index (χ2v) is 4.46. The fourth-order valence-corrected chi connectivity index (χ4v) is 2.81. The number of rotatable bonds is 2. The van der Waals surface area contributed by atoms with Crippen molar-refractivity contribution in [3.05, 3.63) is 47.8 Å². The van der Waals surface area contributed by atoms with E-state index in [0.29, 0.717) is 0 Å². The van der Waals surface area contributed by atoms with E-state index in [1.54, 1.807) is 0 Å². The van der Waals surface area contributed by atoms with Crippen LogP contribution >= 0.6 is 0 Å². The standard InChI is InChI=1S/C16H16N2/c1-3-11-12(4-2)14-8-6-10-18-16(14)15-13(11)7-5-9-17-15/h5-10H,3-4H2,1-2H3. The fraction of sp³-hybridized carbons (Fsp3) is 0.250. The molecule has 0 saturated heterocycles. The van der Waals surface area contributed by atoms with Crippen LogP contribution in [-0.4, -0.2) is 9.97 Å². The average Bonchev–Trinajstić information content (AvgIpc) is 2.45. The van der Waals surface area contributed by atoms with E-state index in [2.05, 4.69) is 35.9 Å². The summed E-state index contributed by atoms with van der Waals surface area (Å²) < 4.78 is 0. The number of hydrogen-bond acceptors (Lipinski definition) is 2. The Morgan fingerprint density at radius 3 is 1.61 bits per heavy atom. The summed E-state index contributed by atoms with van der Waals surface area (Å²) in [5, 5.41) is 2.51. The topological polar surface area (TPSA) is 25.8 Å². The van der Waals surface area contributed by atoms with Crippen molar-refractivity contribution in [3.63, 3.8) is 0 Å². The number of pyridine rings is 2. The van der Waals surface area contributed by atoms with E-state index in [1.165, 1.54) is 21.9 Å². The van der Waals surface area contributed by atoms with E-state index >= 15 is 0 Å². The smallest absolute Gasteiger partial charge is 0.0967 e. The quantitative estimate of drug-likeness (QED) is 0.630. The Bertz CT molecular complexity index is 654. The molecule has 0 bridgehead atoms. The molecular weight excluding hydrogens is 220 g/mol. The van der Waals surface area contributed by atoms with E-state index in [1.807, 2.05) is 24.5 Å². The van der Waals surface area contributed by atoms with Gasteiger partial charge in [0, 0.05) is 23.2 Å². The molecule has 0 N–H and O–H groups in total. The highest BCUT2D eigenvalue weighted by molar-refractivity contribution is 6.06. The largest absolute Gasteiger partial charge is 0.254 e. The molecule has 0 saturated carbocycles. The number of benzene rings is 1. The van der Waals surface area contributed by atoms with Gasteiger partial charge in [-0.25, -0.2) is 0 Å². The summed E-state index contributed by atoms with van der Waals surface area (Å²) in [5.41, 5.74) is 4.89. The highest BCUT2D eigenvalue weighted by Crippen LogP contribution is 2.30. The van der Waals surface area contributed by atoms with E-state index in [4.69, 9.17) is 0 Å². The number of aryl methyl sites for hydroxylation is 2. The molecule has 0 amide bonds. The third-order valence-corrected chi connectivity index (χ3v) is 3.56. The summed E-state index contributed by atoms with van der Waals surface area (Å²) in [6.45, 7) is 4.42. The SMILES string of the molecule is CCc1c(CC)c2cccnc2c2ncccc12. The van der Waals surface area contributed by atoms with Gasteiger partial charge in [-0.15, -0.1) is 0 Å². The van der Waals surface area contributed by atoms with Crippen molar-refractivity contribution in [3.8, 4) is 0 Å². The van der Waals surface area contributed by atoms with Gasteiger partial charge in [-0.3, -0.25) is 9.97 Å². The second kappa shape index (κ2) is 4.37. The molecule has 1 aromatic carbocycles. The molecule has 2 heteroatoms. The lowest BCUT2D eigenvalue weighted by Crippen LogP contribution is -1.97. The van der Waals surface area contributed by atoms with E-state index in [9.17, 15) is 0 Å². The van der Waals surface area contributed by atoms with Crippen LogP contribution in [0.25, 0.3) is 21.8 Å². The summed E-state index contributed by atoms with van der Waals surface area (Å²) in [4.78, 5) is 9.06. The second-order valence-electron chi connectivity index (χ2n) is 4.46. The number of hydrogen-bond donors (Lipinski definition) is 0. The lowest BCUT2D eigenvalue weighted by molar-refractivity contribution is 1.06. The minimum atomic E-state index is 1.03. The van der Waals surface area contributed by atoms with Gasteiger partial charge in [-0.1, -0.05) is 26.0 Å². The Labute approximate surface area is 107 Å². The van der Waals surface area contributed by atoms with Crippen LogP contribution in [0.3, 0.4) is 0 Å². The molecule has 0 aliphatic rings. The summed E-state index contributed by atoms with van der Waals surface area (Å²) in [7, 11) is 0. The van der Waals surface area contributed by atoms with Gasteiger partial charge < -0.3 is 0 Å². The van der Waals surface area contributed by atoms with Crippen LogP contribution in [-0.2, 0) is 12.8 Å². The summed E-state index contributed by atoms with van der Waals surface area (Å²) in [5.74, 6) is 0. The molecule has 0 unspecified atom stereocenters. The van der Waals surface area contributed by atoms with Crippen LogP contribution in [0, 0.1) is 0 Å². The molecule has 2 heterocycles. The van der Waals surface area contributed by atoms with Gasteiger partial charge in [0.1, 0.15) is 0 Å². The lowest BCUT2D eigenvalue weighted by Gasteiger charge is -2.13. The highest BCUT2D eigenvalue weighted by atomic mass is 14.7. The molecular formula is C16H16N2. The first-order valence-electron chi connectivity index (χ1n) is 6.50. The first kappa shape index (κ1) is 11.1. The Hall–Kier alpha value is -1.96. The monoisotopic (exact) mass is 236 g/mol. The minimum Gasteiger partial charge on any atom is -0.254 e. The third-order valence-electron chi connectivity index (χ3n) is 3.56. The van der Waals surface area contributed by atoms with Crippen molar-refractivity contribution in [2.75, 3.05) is 0 Å². The maximum atomic E-state index is 4.53. The molecule has 0 aliphatic heterocycles. The molecule has 90 valence electrons. The van der Waals surface area contributed by atoms with Crippen molar-refractivity contribution < 1.29 is 0 Å². The molecule has 2 nitrogen and oxygen atoms in total. The summed E-state index contributed by atoms with van der Waals surface area (Å²) >= 11 is 0. The van der Waals surface area contributed by atoms with E-state index in [-0.39, 0.29) is 0 Å². The van der Waals surface area contributed by atoms with Crippen LogP contribution in [0.15, 0.2) is 36.7 Å². The Balaban J connectivity index is 2.61. The van der Waals surface area contributed by atoms with Gasteiger partial charge in [0.2, 0.25) is 0 Å². The third kappa shape index (κ3) is 1.49. The van der Waals surface area contributed by atoms with Crippen molar-refractivity contribution in [2.24, 2.45) is 0 Å². The first-order valence-corrected chi connectivity index (χ1v) is 6.50. The molecule has 3 aromatic rings. The summed E-state index contributed by atoms with van der Waals surface area (Å²) in [6, 6.07) is 8.34. The van der Waals surface area contributed by atoms with Crippen molar-refractivity contribution >= 4 is 21.8 Å². The van der Waals surface area contributed by atoms with Crippen LogP contribution in [0.4, 0.5) is 0 Å². The maximum Gasteiger partial charge on any atom is 0.0967 e. The van der Waals surface area contributed by atoms with Gasteiger partial charge in [0.15, 0.2) is 0 Å². The van der Waals surface area contributed by atoms with E-state index in [0.717, 1.165) is 23.9 Å². The Morgan fingerprint density at radius 2 is 1.22 bits per heavy atom. The van der Waals surface area contributed by atoms with Crippen molar-refractivity contribution in [1.29, 1.82) is 0 Å². The molecule has 0 fully saturated rings. The predicted molar refractivity (Wildman–Crippen MR) is 75.8 cm³/mol. The van der Waals surface area contributed by atoms with Crippen molar-refractivity contribution in [2.45, 2.75) is 26.7 Å². The molecule has 3 rings (SSSR count). The molecule has 0 radical (unpaired) electrons. The maximum absolute atomic E-state index is 4.53. The Morgan fingerprint density at radius 1 is 0.778 bits per heavy atom. The van der Waals surface area contributed by atoms with E-state index < -0.39 is 0 Å². The molecule has 18 heavy (non-hydrogen) atoms. The van der Waals surface area contributed by atoms with Gasteiger partial charge in [0.25, 0.3) is 0 Å². The van der Waals surface area contributed by atoms with Crippen LogP contribution in [0.5, 0.6) is 0 Å². The zero-order valence-corrected chi connectivity index (χ0v) is 10.8. The minimum absolute atomic E-state index is 1.03. The molecule has 0 atom stereocenters. The van der Waals surface area contributed by atoms with Crippen molar-refractivity contribution in [1.82, 2.24) is 9.97 Å². The lowest BCUT2D eigenvalue weighted by atomic mass is 9.93. The van der Waals surface area contributed by atoms with Gasteiger partial charge in [-0.05, 0) is 36.1 Å². The zero-order chi connectivity index (χ0) is 12.5. The van der Waals surface area contributed by atoms with Crippen LogP contribution in [0.1, 0.15) is 25.0 Å². The van der Waals surface area contributed by atoms with Gasteiger partial charge in [0.05, 0.1) is 11.0 Å². The molecule has 0 spiro atoms. The number of aromatic nitrogens is 2.